The molecule has 0 heterocycles. The van der Waals surface area contributed by atoms with Crippen molar-refractivity contribution in [1.82, 2.24) is 0 Å². The van der Waals surface area contributed by atoms with E-state index in [-0.39, 0.29) is 11.4 Å². The van der Waals surface area contributed by atoms with Crippen LogP contribution in [0.4, 0.5) is 0 Å². The second-order valence-corrected chi connectivity index (χ2v) is 3.26. The first kappa shape index (κ1) is 8.57. The molecule has 0 aliphatic carbocycles. The Hall–Kier alpha value is -0.530. The van der Waals surface area contributed by atoms with Crippen molar-refractivity contribution in [3.05, 3.63) is 35.9 Å². The monoisotopic (exact) mass is 170 g/mol. The maximum atomic E-state index is 6.08. The molecule has 0 aliphatic heterocycles. The molecule has 0 amide bonds. The van der Waals surface area contributed by atoms with E-state index >= 15 is 0 Å². The molecular weight excluding hydrogens is 158 g/mol. The highest BCUT2D eigenvalue weighted by Gasteiger charge is 2.14. The number of hydrogen-bond donors (Lipinski definition) is 1. The van der Waals surface area contributed by atoms with Gasteiger partial charge in [-0.2, -0.15) is 0 Å². The number of quaternary nitrogens is 1. The number of rotatable bonds is 2. The minimum atomic E-state index is 0.0381. The smallest absolute Gasteiger partial charge is 0.110 e. The Morgan fingerprint density at radius 3 is 2.27 bits per heavy atom. The Balaban J connectivity index is 2.77. The van der Waals surface area contributed by atoms with Crippen molar-refractivity contribution in [3.63, 3.8) is 0 Å². The molecule has 1 nitrogen and oxygen atoms in total. The zero-order chi connectivity index (χ0) is 8.27. The lowest BCUT2D eigenvalue weighted by Gasteiger charge is -2.09. The SMILES string of the molecule is C[C@H]([NH3+])C(Cl)c1ccccc1. The highest BCUT2D eigenvalue weighted by Crippen LogP contribution is 2.21. The molecule has 1 aromatic rings. The molecule has 11 heavy (non-hydrogen) atoms. The molecule has 0 aromatic heterocycles. The molecule has 2 heteroatoms. The summed E-state index contributed by atoms with van der Waals surface area (Å²) in [5.41, 5.74) is 5.03. The fourth-order valence-corrected chi connectivity index (χ4v) is 1.11. The van der Waals surface area contributed by atoms with Gasteiger partial charge in [0.2, 0.25) is 0 Å². The van der Waals surface area contributed by atoms with Crippen LogP contribution in [0.3, 0.4) is 0 Å². The number of halogens is 1. The summed E-state index contributed by atoms with van der Waals surface area (Å²) in [6, 6.07) is 10.3. The molecule has 0 aliphatic rings. The van der Waals surface area contributed by atoms with Gasteiger partial charge in [0.05, 0.1) is 0 Å². The Bertz CT molecular complexity index is 208. The molecule has 1 unspecified atom stereocenters. The third-order valence-electron chi connectivity index (χ3n) is 1.62. The second kappa shape index (κ2) is 3.74. The molecule has 0 bridgehead atoms. The van der Waals surface area contributed by atoms with E-state index in [2.05, 4.69) is 5.73 Å². The van der Waals surface area contributed by atoms with Crippen LogP contribution in [0.25, 0.3) is 0 Å². The van der Waals surface area contributed by atoms with Gasteiger partial charge in [-0.05, 0) is 12.5 Å². The van der Waals surface area contributed by atoms with Crippen molar-refractivity contribution in [2.75, 3.05) is 0 Å². The molecule has 0 saturated carbocycles. The molecule has 0 fully saturated rings. The minimum absolute atomic E-state index is 0.0381. The molecule has 0 spiro atoms. The molecule has 0 radical (unpaired) electrons. The van der Waals surface area contributed by atoms with E-state index in [4.69, 9.17) is 11.6 Å². The van der Waals surface area contributed by atoms with Crippen LogP contribution in [0.2, 0.25) is 0 Å². The van der Waals surface area contributed by atoms with E-state index in [0.717, 1.165) is 5.56 Å². The topological polar surface area (TPSA) is 27.6 Å². The second-order valence-electron chi connectivity index (χ2n) is 2.79. The van der Waals surface area contributed by atoms with Gasteiger partial charge >= 0.3 is 0 Å². The standard InChI is InChI=1S/C9H12ClN/c1-7(11)9(10)8-5-3-2-4-6-8/h2-7,9H,11H2,1H3/p+1/t7-,9?/m0/s1. The predicted octanol–water partition coefficient (Wildman–Crippen LogP) is 1.60. The van der Waals surface area contributed by atoms with Crippen LogP contribution in [0.1, 0.15) is 17.9 Å². The highest BCUT2D eigenvalue weighted by molar-refractivity contribution is 6.21. The summed E-state index contributed by atoms with van der Waals surface area (Å²) in [6.07, 6.45) is 0. The van der Waals surface area contributed by atoms with Gasteiger partial charge in [-0.3, -0.25) is 0 Å². The van der Waals surface area contributed by atoms with Gasteiger partial charge in [-0.1, -0.05) is 30.3 Å². The van der Waals surface area contributed by atoms with E-state index in [9.17, 15) is 0 Å². The van der Waals surface area contributed by atoms with Crippen LogP contribution in [0, 0.1) is 0 Å². The maximum Gasteiger partial charge on any atom is 0.110 e. The fraction of sp³-hybridized carbons (Fsp3) is 0.333. The lowest BCUT2D eigenvalue weighted by Crippen LogP contribution is -2.60. The van der Waals surface area contributed by atoms with Gasteiger partial charge in [0.15, 0.2) is 0 Å². The van der Waals surface area contributed by atoms with Crippen LogP contribution < -0.4 is 5.73 Å². The highest BCUT2D eigenvalue weighted by atomic mass is 35.5. The molecule has 1 aromatic carbocycles. The first-order valence-electron chi connectivity index (χ1n) is 3.74. The van der Waals surface area contributed by atoms with Gasteiger partial charge in [0.25, 0.3) is 0 Å². The van der Waals surface area contributed by atoms with Crippen LogP contribution in [-0.2, 0) is 0 Å². The van der Waals surface area contributed by atoms with Crippen molar-refractivity contribution < 1.29 is 5.73 Å². The average molecular weight is 171 g/mol. The zero-order valence-electron chi connectivity index (χ0n) is 6.63. The van der Waals surface area contributed by atoms with Crippen molar-refractivity contribution in [2.24, 2.45) is 0 Å². The summed E-state index contributed by atoms with van der Waals surface area (Å²) in [7, 11) is 0. The predicted molar refractivity (Wildman–Crippen MR) is 47.4 cm³/mol. The Morgan fingerprint density at radius 1 is 1.27 bits per heavy atom. The van der Waals surface area contributed by atoms with E-state index in [1.165, 1.54) is 0 Å². The van der Waals surface area contributed by atoms with Crippen molar-refractivity contribution in [1.29, 1.82) is 0 Å². The summed E-state index contributed by atoms with van der Waals surface area (Å²) in [4.78, 5) is 0. The molecule has 0 saturated heterocycles. The molecule has 2 atom stereocenters. The van der Waals surface area contributed by atoms with E-state index in [1.807, 2.05) is 37.3 Å². The third kappa shape index (κ3) is 2.21. The van der Waals surface area contributed by atoms with Crippen LogP contribution in [0.5, 0.6) is 0 Å². The number of alkyl halides is 1. The van der Waals surface area contributed by atoms with Crippen molar-refractivity contribution >= 4 is 11.6 Å². The van der Waals surface area contributed by atoms with Crippen molar-refractivity contribution in [3.8, 4) is 0 Å². The number of benzene rings is 1. The van der Waals surface area contributed by atoms with E-state index in [1.54, 1.807) is 0 Å². The first-order valence-corrected chi connectivity index (χ1v) is 4.17. The summed E-state index contributed by atoms with van der Waals surface area (Å²) >= 11 is 6.08. The maximum absolute atomic E-state index is 6.08. The van der Waals surface area contributed by atoms with Gasteiger partial charge in [-0.15, -0.1) is 11.6 Å². The van der Waals surface area contributed by atoms with Gasteiger partial charge < -0.3 is 5.73 Å². The van der Waals surface area contributed by atoms with Gasteiger partial charge in [0, 0.05) is 0 Å². The lowest BCUT2D eigenvalue weighted by atomic mass is 10.1. The Labute approximate surface area is 72.2 Å². The minimum Gasteiger partial charge on any atom is -0.354 e. The van der Waals surface area contributed by atoms with Crippen LogP contribution in [-0.4, -0.2) is 6.04 Å². The van der Waals surface area contributed by atoms with E-state index in [0.29, 0.717) is 0 Å². The Kier molecular flexibility index (Phi) is 2.92. The normalized spacial score (nSPS) is 15.9. The molecule has 60 valence electrons. The largest absolute Gasteiger partial charge is 0.354 e. The molecular formula is C9H13ClN+. The quantitative estimate of drug-likeness (QED) is 0.654. The third-order valence-corrected chi connectivity index (χ3v) is 2.30. The number of hydrogen-bond acceptors (Lipinski definition) is 0. The van der Waals surface area contributed by atoms with Gasteiger partial charge in [-0.25, -0.2) is 0 Å². The molecule has 3 N–H and O–H groups in total. The van der Waals surface area contributed by atoms with E-state index < -0.39 is 0 Å². The fourth-order valence-electron chi connectivity index (χ4n) is 0.965. The van der Waals surface area contributed by atoms with Crippen LogP contribution >= 0.6 is 11.6 Å². The first-order chi connectivity index (χ1) is 5.22. The Morgan fingerprint density at radius 2 is 1.82 bits per heavy atom. The van der Waals surface area contributed by atoms with Crippen LogP contribution in [0.15, 0.2) is 30.3 Å². The lowest BCUT2D eigenvalue weighted by molar-refractivity contribution is -0.414. The summed E-state index contributed by atoms with van der Waals surface area (Å²) < 4.78 is 0. The molecule has 1 rings (SSSR count). The van der Waals surface area contributed by atoms with Gasteiger partial charge in [0.1, 0.15) is 11.4 Å². The van der Waals surface area contributed by atoms with Crippen molar-refractivity contribution in [2.45, 2.75) is 18.3 Å². The summed E-state index contributed by atoms with van der Waals surface area (Å²) in [5, 5.41) is 0.0381. The summed E-state index contributed by atoms with van der Waals surface area (Å²) in [5.74, 6) is 0. The zero-order valence-corrected chi connectivity index (χ0v) is 7.38. The average Bonchev–Trinajstić information content (AvgIpc) is 2.05. The summed E-state index contributed by atoms with van der Waals surface area (Å²) in [6.45, 7) is 2.02.